The molecule has 0 unspecified atom stereocenters. The van der Waals surface area contributed by atoms with Crippen molar-refractivity contribution in [2.24, 2.45) is 10.4 Å². The molecule has 1 fully saturated rings. The van der Waals surface area contributed by atoms with E-state index in [0.29, 0.717) is 6.54 Å². The van der Waals surface area contributed by atoms with E-state index in [4.69, 9.17) is 14.5 Å². The van der Waals surface area contributed by atoms with E-state index in [9.17, 15) is 4.79 Å². The van der Waals surface area contributed by atoms with E-state index in [1.54, 1.807) is 19.1 Å². The van der Waals surface area contributed by atoms with E-state index in [-0.39, 0.29) is 11.3 Å². The molecular formula is C23H38N4O3. The van der Waals surface area contributed by atoms with E-state index < -0.39 is 0 Å². The number of rotatable bonds is 9. The van der Waals surface area contributed by atoms with Gasteiger partial charge in [0.1, 0.15) is 0 Å². The molecule has 0 heterocycles. The average molecular weight is 419 g/mol. The molecule has 1 aromatic carbocycles. The molecule has 7 nitrogen and oxygen atoms in total. The lowest BCUT2D eigenvalue weighted by Gasteiger charge is -2.30. The normalized spacial score (nSPS) is 15.6. The minimum absolute atomic E-state index is 0.201. The monoisotopic (exact) mass is 418 g/mol. The Bertz CT molecular complexity index is 727. The van der Waals surface area contributed by atoms with E-state index in [1.165, 1.54) is 5.56 Å². The van der Waals surface area contributed by atoms with Gasteiger partial charge in [-0.25, -0.2) is 0 Å². The second-order valence-electron chi connectivity index (χ2n) is 8.22. The Hall–Kier alpha value is -2.44. The van der Waals surface area contributed by atoms with Crippen LogP contribution in [0.2, 0.25) is 0 Å². The Kier molecular flexibility index (Phi) is 8.81. The number of hydrogen-bond donors (Lipinski definition) is 1. The third kappa shape index (κ3) is 5.80. The van der Waals surface area contributed by atoms with Crippen molar-refractivity contribution in [2.45, 2.75) is 39.0 Å². The highest BCUT2D eigenvalue weighted by Gasteiger charge is 2.42. The van der Waals surface area contributed by atoms with E-state index >= 15 is 0 Å². The standard InChI is InChI=1S/C23H38N4O3/c1-7-24-22(25-17-23(13-8-9-14-23)21(28)26(2)3)27(4)15-12-18-10-11-19(29-5)20(16-18)30-6/h10-11,16H,7-9,12-15,17H2,1-6H3,(H,24,25). The molecule has 1 amide bonds. The van der Waals surface area contributed by atoms with Crippen molar-refractivity contribution in [3.05, 3.63) is 23.8 Å². The van der Waals surface area contributed by atoms with Crippen LogP contribution in [0.4, 0.5) is 0 Å². The first-order valence-corrected chi connectivity index (χ1v) is 10.8. The first-order valence-electron chi connectivity index (χ1n) is 10.8. The van der Waals surface area contributed by atoms with Crippen LogP contribution in [0.1, 0.15) is 38.2 Å². The van der Waals surface area contributed by atoms with Gasteiger partial charge in [-0.2, -0.15) is 0 Å². The molecule has 168 valence electrons. The van der Waals surface area contributed by atoms with Crippen LogP contribution in [0, 0.1) is 5.41 Å². The lowest BCUT2D eigenvalue weighted by molar-refractivity contribution is -0.138. The van der Waals surface area contributed by atoms with Crippen molar-refractivity contribution in [3.63, 3.8) is 0 Å². The van der Waals surface area contributed by atoms with Crippen molar-refractivity contribution in [1.29, 1.82) is 0 Å². The SMILES string of the molecule is CCNC(=NCC1(C(=O)N(C)C)CCCC1)N(C)CCc1ccc(OC)c(OC)c1. The lowest BCUT2D eigenvalue weighted by Crippen LogP contribution is -2.43. The summed E-state index contributed by atoms with van der Waals surface area (Å²) in [6.45, 7) is 4.19. The van der Waals surface area contributed by atoms with Crippen LogP contribution in [0.15, 0.2) is 23.2 Å². The molecule has 0 saturated heterocycles. The molecule has 1 aromatic rings. The molecule has 0 bridgehead atoms. The van der Waals surface area contributed by atoms with Gasteiger partial charge in [-0.1, -0.05) is 18.9 Å². The Morgan fingerprint density at radius 3 is 2.37 bits per heavy atom. The smallest absolute Gasteiger partial charge is 0.230 e. The maximum Gasteiger partial charge on any atom is 0.230 e. The number of nitrogens with one attached hydrogen (secondary N) is 1. The van der Waals surface area contributed by atoms with Crippen molar-refractivity contribution in [3.8, 4) is 11.5 Å². The number of carbonyl (C=O) groups excluding carboxylic acids is 1. The summed E-state index contributed by atoms with van der Waals surface area (Å²) in [5.41, 5.74) is 0.819. The first kappa shape index (κ1) is 23.8. The number of amides is 1. The number of likely N-dealkylation sites (N-methyl/N-ethyl adjacent to an activating group) is 1. The fraction of sp³-hybridized carbons (Fsp3) is 0.652. The highest BCUT2D eigenvalue weighted by atomic mass is 16.5. The van der Waals surface area contributed by atoms with E-state index in [0.717, 1.165) is 62.7 Å². The van der Waals surface area contributed by atoms with E-state index in [2.05, 4.69) is 23.2 Å². The van der Waals surface area contributed by atoms with Crippen molar-refractivity contribution >= 4 is 11.9 Å². The molecule has 1 aliphatic carbocycles. The molecule has 1 N–H and O–H groups in total. The maximum absolute atomic E-state index is 12.8. The maximum atomic E-state index is 12.8. The Balaban J connectivity index is 2.08. The number of benzene rings is 1. The molecular weight excluding hydrogens is 380 g/mol. The number of nitrogens with zero attached hydrogens (tertiary/aromatic N) is 3. The van der Waals surface area contributed by atoms with Crippen LogP contribution in [-0.4, -0.2) is 76.7 Å². The molecule has 0 spiro atoms. The summed E-state index contributed by atoms with van der Waals surface area (Å²) in [6.07, 6.45) is 4.88. The predicted octanol–water partition coefficient (Wildman–Crippen LogP) is 2.79. The predicted molar refractivity (Wildman–Crippen MR) is 121 cm³/mol. The second-order valence-corrected chi connectivity index (χ2v) is 8.22. The van der Waals surface area contributed by atoms with Gasteiger partial charge in [-0.3, -0.25) is 9.79 Å². The fourth-order valence-electron chi connectivity index (χ4n) is 4.10. The van der Waals surface area contributed by atoms with Crippen LogP contribution < -0.4 is 14.8 Å². The third-order valence-electron chi connectivity index (χ3n) is 5.83. The van der Waals surface area contributed by atoms with Crippen LogP contribution in [0.25, 0.3) is 0 Å². The molecule has 0 aromatic heterocycles. The Morgan fingerprint density at radius 2 is 1.80 bits per heavy atom. The molecule has 1 aliphatic rings. The third-order valence-corrected chi connectivity index (χ3v) is 5.83. The molecule has 1 saturated carbocycles. The summed E-state index contributed by atoms with van der Waals surface area (Å²) in [6, 6.07) is 6.01. The molecule has 0 atom stereocenters. The number of ether oxygens (including phenoxy) is 2. The number of guanidine groups is 1. The molecule has 2 rings (SSSR count). The van der Waals surface area contributed by atoms with Crippen molar-refractivity contribution < 1.29 is 14.3 Å². The van der Waals surface area contributed by atoms with E-state index in [1.807, 2.05) is 33.3 Å². The van der Waals surface area contributed by atoms with Gasteiger partial charge in [-0.05, 0) is 43.9 Å². The number of hydrogen-bond acceptors (Lipinski definition) is 4. The van der Waals surface area contributed by atoms with Gasteiger partial charge in [0, 0.05) is 34.2 Å². The number of methoxy groups -OCH3 is 2. The summed E-state index contributed by atoms with van der Waals surface area (Å²) in [4.78, 5) is 21.6. The summed E-state index contributed by atoms with van der Waals surface area (Å²) in [7, 11) is 9.01. The van der Waals surface area contributed by atoms with Gasteiger partial charge in [0.15, 0.2) is 17.5 Å². The van der Waals surface area contributed by atoms with Crippen molar-refractivity contribution in [2.75, 3.05) is 55.0 Å². The number of aliphatic imine (C=N–C) groups is 1. The summed E-state index contributed by atoms with van der Waals surface area (Å²) < 4.78 is 10.7. The second kappa shape index (κ2) is 11.1. The van der Waals surface area contributed by atoms with Gasteiger partial charge in [0.05, 0.1) is 26.2 Å². The molecule has 30 heavy (non-hydrogen) atoms. The van der Waals surface area contributed by atoms with Crippen LogP contribution >= 0.6 is 0 Å². The average Bonchev–Trinajstić information content (AvgIpc) is 3.24. The van der Waals surface area contributed by atoms with Gasteiger partial charge in [0.2, 0.25) is 5.91 Å². The lowest BCUT2D eigenvalue weighted by atomic mass is 9.85. The summed E-state index contributed by atoms with van der Waals surface area (Å²) in [5.74, 6) is 2.52. The Labute approximate surface area is 181 Å². The van der Waals surface area contributed by atoms with Crippen LogP contribution in [-0.2, 0) is 11.2 Å². The first-order chi connectivity index (χ1) is 14.4. The molecule has 0 aliphatic heterocycles. The Morgan fingerprint density at radius 1 is 1.13 bits per heavy atom. The van der Waals surface area contributed by atoms with Crippen LogP contribution in [0.5, 0.6) is 11.5 Å². The minimum Gasteiger partial charge on any atom is -0.493 e. The van der Waals surface area contributed by atoms with Gasteiger partial charge < -0.3 is 24.6 Å². The highest BCUT2D eigenvalue weighted by Crippen LogP contribution is 2.39. The van der Waals surface area contributed by atoms with Gasteiger partial charge in [0.25, 0.3) is 0 Å². The zero-order valence-corrected chi connectivity index (χ0v) is 19.5. The fourth-order valence-corrected chi connectivity index (χ4v) is 4.10. The number of carbonyl (C=O) groups is 1. The van der Waals surface area contributed by atoms with Crippen molar-refractivity contribution in [1.82, 2.24) is 15.1 Å². The molecule has 0 radical (unpaired) electrons. The quantitative estimate of drug-likeness (QED) is 0.493. The van der Waals surface area contributed by atoms with Crippen LogP contribution in [0.3, 0.4) is 0 Å². The summed E-state index contributed by atoms with van der Waals surface area (Å²) >= 11 is 0. The van der Waals surface area contributed by atoms with Gasteiger partial charge in [-0.15, -0.1) is 0 Å². The van der Waals surface area contributed by atoms with Gasteiger partial charge >= 0.3 is 0 Å². The molecule has 7 heteroatoms. The minimum atomic E-state index is -0.353. The highest BCUT2D eigenvalue weighted by molar-refractivity contribution is 5.84. The largest absolute Gasteiger partial charge is 0.493 e. The zero-order valence-electron chi connectivity index (χ0n) is 19.5. The zero-order chi connectivity index (χ0) is 22.1. The topological polar surface area (TPSA) is 66.4 Å². The summed E-state index contributed by atoms with van der Waals surface area (Å²) in [5, 5.41) is 3.38.